The van der Waals surface area contributed by atoms with Crippen LogP contribution in [0.25, 0.3) is 0 Å². The highest BCUT2D eigenvalue weighted by Gasteiger charge is 2.24. The Morgan fingerprint density at radius 1 is 1.15 bits per heavy atom. The van der Waals surface area contributed by atoms with Crippen molar-refractivity contribution in [1.82, 2.24) is 5.32 Å². The summed E-state index contributed by atoms with van der Waals surface area (Å²) in [5, 5.41) is 13.8. The van der Waals surface area contributed by atoms with Crippen LogP contribution >= 0.6 is 0 Å². The molecule has 0 unspecified atom stereocenters. The molecule has 9 heteroatoms. The smallest absolute Gasteiger partial charge is 0.273 e. The largest absolute Gasteiger partial charge is 0.352 e. The average Bonchev–Trinajstić information content (AvgIpc) is 2.59. The maximum Gasteiger partial charge on any atom is 0.273 e. The minimum atomic E-state index is -4.12. The van der Waals surface area contributed by atoms with E-state index in [4.69, 9.17) is 0 Å². The zero-order chi connectivity index (χ0) is 20.2. The number of anilines is 1. The molecule has 0 saturated carbocycles. The molecule has 0 spiro atoms. The number of amides is 1. The van der Waals surface area contributed by atoms with E-state index < -0.39 is 20.9 Å². The van der Waals surface area contributed by atoms with Crippen molar-refractivity contribution < 1.29 is 18.1 Å². The van der Waals surface area contributed by atoms with Gasteiger partial charge in [0, 0.05) is 18.2 Å². The first-order valence-electron chi connectivity index (χ1n) is 8.27. The lowest BCUT2D eigenvalue weighted by Gasteiger charge is -2.14. The molecule has 0 atom stereocenters. The predicted octanol–water partition coefficient (Wildman–Crippen LogP) is 3.09. The van der Waals surface area contributed by atoms with Crippen LogP contribution in [0, 0.1) is 23.0 Å². The molecule has 0 fully saturated rings. The number of sulfonamides is 1. The van der Waals surface area contributed by atoms with Gasteiger partial charge in [-0.15, -0.1) is 0 Å². The molecule has 8 nitrogen and oxygen atoms in total. The molecular weight excluding hydrogens is 370 g/mol. The van der Waals surface area contributed by atoms with Crippen LogP contribution in [-0.4, -0.2) is 25.8 Å². The van der Waals surface area contributed by atoms with E-state index in [2.05, 4.69) is 10.0 Å². The second-order valence-corrected chi connectivity index (χ2v) is 8.06. The number of nitro benzene ring substituents is 1. The molecular formula is C18H21N3O5S. The van der Waals surface area contributed by atoms with Crippen LogP contribution in [0.3, 0.4) is 0 Å². The third-order valence-corrected chi connectivity index (χ3v) is 5.34. The van der Waals surface area contributed by atoms with Crippen LogP contribution in [0.1, 0.15) is 29.8 Å². The Labute approximate surface area is 157 Å². The van der Waals surface area contributed by atoms with Gasteiger partial charge in [0.25, 0.3) is 21.6 Å². The molecule has 0 aliphatic heterocycles. The zero-order valence-electron chi connectivity index (χ0n) is 15.2. The molecule has 144 valence electrons. The molecule has 2 rings (SSSR count). The SMILES string of the molecule is Cc1c([N+](=O)[O-])cccc1S(=O)(=O)Nc1ccccc1C(=O)NCC(C)C. The van der Waals surface area contributed by atoms with Gasteiger partial charge in [0.1, 0.15) is 0 Å². The molecule has 0 bridgehead atoms. The topological polar surface area (TPSA) is 118 Å². The first-order chi connectivity index (χ1) is 12.6. The summed E-state index contributed by atoms with van der Waals surface area (Å²) in [5.74, 6) is -0.164. The van der Waals surface area contributed by atoms with Crippen LogP contribution in [0.2, 0.25) is 0 Å². The van der Waals surface area contributed by atoms with E-state index in [0.717, 1.165) is 0 Å². The van der Waals surface area contributed by atoms with Crippen molar-refractivity contribution in [3.8, 4) is 0 Å². The number of carbonyl (C=O) groups excluding carboxylic acids is 1. The molecule has 0 aliphatic carbocycles. The number of nitrogens with one attached hydrogen (secondary N) is 2. The van der Waals surface area contributed by atoms with E-state index in [1.54, 1.807) is 12.1 Å². The highest BCUT2D eigenvalue weighted by molar-refractivity contribution is 7.92. The van der Waals surface area contributed by atoms with Crippen molar-refractivity contribution in [3.05, 3.63) is 63.7 Å². The standard InChI is InChI=1S/C18H21N3O5S/c1-12(2)11-19-18(22)14-7-4-5-8-15(14)20-27(25,26)17-10-6-9-16(13(17)3)21(23)24/h4-10,12,20H,11H2,1-3H3,(H,19,22). The monoisotopic (exact) mass is 391 g/mol. The second-order valence-electron chi connectivity index (χ2n) is 6.41. The predicted molar refractivity (Wildman–Crippen MR) is 102 cm³/mol. The van der Waals surface area contributed by atoms with Gasteiger partial charge < -0.3 is 5.32 Å². The van der Waals surface area contributed by atoms with Gasteiger partial charge in [-0.05, 0) is 31.0 Å². The number of para-hydroxylation sites is 1. The summed E-state index contributed by atoms with van der Waals surface area (Å²) in [5.41, 5.74) is 0.00653. The van der Waals surface area contributed by atoms with E-state index in [1.807, 2.05) is 13.8 Å². The van der Waals surface area contributed by atoms with E-state index >= 15 is 0 Å². The second kappa shape index (κ2) is 8.17. The fourth-order valence-electron chi connectivity index (χ4n) is 2.45. The quantitative estimate of drug-likeness (QED) is 0.555. The molecule has 27 heavy (non-hydrogen) atoms. The van der Waals surface area contributed by atoms with Crippen molar-refractivity contribution in [1.29, 1.82) is 0 Å². The third-order valence-electron chi connectivity index (χ3n) is 3.83. The maximum atomic E-state index is 12.8. The Morgan fingerprint density at radius 3 is 2.44 bits per heavy atom. The summed E-state index contributed by atoms with van der Waals surface area (Å²) in [6.45, 7) is 5.71. The third kappa shape index (κ3) is 4.82. The molecule has 1 amide bonds. The fraction of sp³-hybridized carbons (Fsp3) is 0.278. The van der Waals surface area contributed by atoms with Gasteiger partial charge >= 0.3 is 0 Å². The maximum absolute atomic E-state index is 12.8. The van der Waals surface area contributed by atoms with Crippen molar-refractivity contribution in [2.75, 3.05) is 11.3 Å². The average molecular weight is 391 g/mol. The van der Waals surface area contributed by atoms with Gasteiger partial charge in [-0.25, -0.2) is 8.42 Å². The summed E-state index contributed by atoms with van der Waals surface area (Å²) in [6.07, 6.45) is 0. The van der Waals surface area contributed by atoms with Gasteiger partial charge in [0.15, 0.2) is 0 Å². The summed E-state index contributed by atoms with van der Waals surface area (Å²) in [7, 11) is -4.12. The molecule has 2 N–H and O–H groups in total. The summed E-state index contributed by atoms with van der Waals surface area (Å²) < 4.78 is 27.9. The lowest BCUT2D eigenvalue weighted by Crippen LogP contribution is -2.28. The van der Waals surface area contributed by atoms with Crippen LogP contribution in [-0.2, 0) is 10.0 Å². The highest BCUT2D eigenvalue weighted by atomic mass is 32.2. The first-order valence-corrected chi connectivity index (χ1v) is 9.76. The van der Waals surface area contributed by atoms with Crippen LogP contribution in [0.15, 0.2) is 47.4 Å². The van der Waals surface area contributed by atoms with E-state index in [-0.39, 0.29) is 33.3 Å². The molecule has 0 aliphatic rings. The normalized spacial score (nSPS) is 11.3. The van der Waals surface area contributed by atoms with Gasteiger partial charge in [-0.3, -0.25) is 19.6 Å². The molecule has 2 aromatic rings. The Kier molecular flexibility index (Phi) is 6.17. The number of nitrogens with zero attached hydrogens (tertiary/aromatic N) is 1. The molecule has 0 aromatic heterocycles. The van der Waals surface area contributed by atoms with Crippen molar-refractivity contribution >= 4 is 27.3 Å². The molecule has 0 radical (unpaired) electrons. The van der Waals surface area contributed by atoms with E-state index in [9.17, 15) is 23.3 Å². The zero-order valence-corrected chi connectivity index (χ0v) is 16.0. The van der Waals surface area contributed by atoms with Gasteiger partial charge in [-0.1, -0.05) is 32.0 Å². The Bertz CT molecular complexity index is 971. The summed E-state index contributed by atoms with van der Waals surface area (Å²) >= 11 is 0. The summed E-state index contributed by atoms with van der Waals surface area (Å²) in [4.78, 5) is 22.6. The number of benzene rings is 2. The van der Waals surface area contributed by atoms with Crippen LogP contribution in [0.5, 0.6) is 0 Å². The number of carbonyl (C=O) groups is 1. The lowest BCUT2D eigenvalue weighted by molar-refractivity contribution is -0.385. The van der Waals surface area contributed by atoms with Crippen LogP contribution in [0.4, 0.5) is 11.4 Å². The Hall–Kier alpha value is -2.94. The number of hydrogen-bond donors (Lipinski definition) is 2. The summed E-state index contributed by atoms with van der Waals surface area (Å²) in [6, 6.07) is 10.0. The number of rotatable bonds is 7. The highest BCUT2D eigenvalue weighted by Crippen LogP contribution is 2.27. The van der Waals surface area contributed by atoms with Crippen molar-refractivity contribution in [2.24, 2.45) is 5.92 Å². The lowest BCUT2D eigenvalue weighted by atomic mass is 10.1. The van der Waals surface area contributed by atoms with E-state index in [1.165, 1.54) is 37.3 Å². The number of nitro groups is 1. The molecule has 0 heterocycles. The Morgan fingerprint density at radius 2 is 1.81 bits per heavy atom. The van der Waals surface area contributed by atoms with Gasteiger partial charge in [-0.2, -0.15) is 0 Å². The molecule has 2 aromatic carbocycles. The minimum Gasteiger partial charge on any atom is -0.352 e. The van der Waals surface area contributed by atoms with Gasteiger partial charge in [0.2, 0.25) is 0 Å². The minimum absolute atomic E-state index is 0.0248. The Balaban J connectivity index is 2.39. The van der Waals surface area contributed by atoms with Crippen LogP contribution < -0.4 is 10.0 Å². The van der Waals surface area contributed by atoms with E-state index in [0.29, 0.717) is 6.54 Å². The number of hydrogen-bond acceptors (Lipinski definition) is 5. The van der Waals surface area contributed by atoms with Crippen molar-refractivity contribution in [3.63, 3.8) is 0 Å². The van der Waals surface area contributed by atoms with Gasteiger partial charge in [0.05, 0.1) is 21.1 Å². The first kappa shape index (κ1) is 20.4. The van der Waals surface area contributed by atoms with Crippen molar-refractivity contribution in [2.45, 2.75) is 25.7 Å². The fourth-order valence-corrected chi connectivity index (χ4v) is 3.80. The molecule has 0 saturated heterocycles.